The molecule has 2 aliphatic rings. The highest BCUT2D eigenvalue weighted by Crippen LogP contribution is 2.74. The van der Waals surface area contributed by atoms with Crippen LogP contribution in [0.15, 0.2) is 48.6 Å². The molecule has 2 atom stereocenters. The van der Waals surface area contributed by atoms with Crippen molar-refractivity contribution in [2.24, 2.45) is 0 Å². The van der Waals surface area contributed by atoms with E-state index >= 15 is 0 Å². The van der Waals surface area contributed by atoms with Gasteiger partial charge in [0.25, 0.3) is 0 Å². The summed E-state index contributed by atoms with van der Waals surface area (Å²) in [5.41, 5.74) is 1.18. The predicted molar refractivity (Wildman–Crippen MR) is 70.3 cm³/mol. The lowest BCUT2D eigenvalue weighted by molar-refractivity contribution is 0.121. The third kappa shape index (κ3) is 1.33. The molecule has 17 heavy (non-hydrogen) atoms. The van der Waals surface area contributed by atoms with Crippen molar-refractivity contribution in [3.8, 4) is 5.75 Å². The number of para-hydroxylation sites is 1. The van der Waals surface area contributed by atoms with Gasteiger partial charge in [0.1, 0.15) is 10.5 Å². The van der Waals surface area contributed by atoms with Crippen LogP contribution >= 0.6 is 11.8 Å². The van der Waals surface area contributed by atoms with Gasteiger partial charge in [-0.05, 0) is 12.1 Å². The highest BCUT2D eigenvalue weighted by molar-refractivity contribution is 8.09. The van der Waals surface area contributed by atoms with Gasteiger partial charge in [-0.15, -0.1) is 11.8 Å². The van der Waals surface area contributed by atoms with Crippen LogP contribution in [0, 0.1) is 0 Å². The first-order valence-corrected chi connectivity index (χ1v) is 6.35. The van der Waals surface area contributed by atoms with Crippen LogP contribution in [0.4, 0.5) is 0 Å². The van der Waals surface area contributed by atoms with E-state index in [-0.39, 0.29) is 9.68 Å². The fourth-order valence-electron chi connectivity index (χ4n) is 2.44. The minimum absolute atomic E-state index is 0.122. The van der Waals surface area contributed by atoms with E-state index in [1.54, 1.807) is 26.0 Å². The molecule has 3 rings (SSSR count). The van der Waals surface area contributed by atoms with Gasteiger partial charge in [0.05, 0.1) is 7.11 Å². The molecule has 1 aliphatic heterocycles. The molecular weight excluding hydrogens is 232 g/mol. The Bertz CT molecular complexity index is 509. The summed E-state index contributed by atoms with van der Waals surface area (Å²) >= 11 is 1.80. The molecule has 0 spiro atoms. The third-order valence-electron chi connectivity index (χ3n) is 3.36. The first-order chi connectivity index (χ1) is 8.28. The van der Waals surface area contributed by atoms with Gasteiger partial charge in [-0.1, -0.05) is 36.4 Å². The van der Waals surface area contributed by atoms with Gasteiger partial charge in [0.2, 0.25) is 0 Å². The number of fused-ring (bicyclic) bond motifs is 1. The summed E-state index contributed by atoms with van der Waals surface area (Å²) in [6, 6.07) is 8.13. The lowest BCUT2D eigenvalue weighted by Gasteiger charge is -2.21. The Morgan fingerprint density at radius 2 is 1.82 bits per heavy atom. The number of benzene rings is 1. The zero-order valence-electron chi connectivity index (χ0n) is 9.84. The van der Waals surface area contributed by atoms with Crippen molar-refractivity contribution in [2.45, 2.75) is 9.68 Å². The first kappa shape index (κ1) is 10.9. The molecular formula is C14H14O2S. The molecule has 1 heterocycles. The van der Waals surface area contributed by atoms with E-state index < -0.39 is 0 Å². The molecule has 0 N–H and O–H groups in total. The Balaban J connectivity index is 2.11. The Morgan fingerprint density at radius 1 is 1.06 bits per heavy atom. The molecule has 0 radical (unpaired) electrons. The van der Waals surface area contributed by atoms with Crippen molar-refractivity contribution < 1.29 is 9.47 Å². The average Bonchev–Trinajstić information content (AvgIpc) is 3.09. The Hall–Kier alpha value is -1.19. The summed E-state index contributed by atoms with van der Waals surface area (Å²) < 4.78 is 11.0. The first-order valence-electron chi connectivity index (χ1n) is 5.54. The molecule has 0 saturated carbocycles. The third-order valence-corrected chi connectivity index (χ3v) is 5.06. The number of ether oxygens (including phenoxy) is 2. The van der Waals surface area contributed by atoms with E-state index in [9.17, 15) is 0 Å². The highest BCUT2D eigenvalue weighted by atomic mass is 32.2. The summed E-state index contributed by atoms with van der Waals surface area (Å²) in [6.07, 6.45) is 8.42. The van der Waals surface area contributed by atoms with Crippen LogP contribution < -0.4 is 4.74 Å². The Labute approximate surface area is 105 Å². The molecule has 0 bridgehead atoms. The predicted octanol–water partition coefficient (Wildman–Crippen LogP) is 3.11. The standard InChI is InChI=1S/C14H14O2S/c1-15-12-8-4-3-7-11(12)13-9-5-6-10-14(13,16-2)17-13/h3-10H,1-2H3. The fourth-order valence-corrected chi connectivity index (χ4v) is 3.85. The summed E-state index contributed by atoms with van der Waals surface area (Å²) in [7, 11) is 3.47. The molecule has 1 aromatic rings. The minimum Gasteiger partial charge on any atom is -0.496 e. The topological polar surface area (TPSA) is 18.5 Å². The zero-order valence-corrected chi connectivity index (χ0v) is 10.7. The molecule has 2 nitrogen and oxygen atoms in total. The second kappa shape index (κ2) is 3.65. The van der Waals surface area contributed by atoms with Crippen molar-refractivity contribution in [3.05, 3.63) is 54.1 Å². The molecule has 1 aromatic carbocycles. The van der Waals surface area contributed by atoms with Crippen LogP contribution in [-0.4, -0.2) is 19.2 Å². The van der Waals surface area contributed by atoms with E-state index in [2.05, 4.69) is 24.3 Å². The largest absolute Gasteiger partial charge is 0.496 e. The summed E-state index contributed by atoms with van der Waals surface area (Å²) in [5.74, 6) is 0.916. The van der Waals surface area contributed by atoms with Crippen molar-refractivity contribution in [1.82, 2.24) is 0 Å². The quantitative estimate of drug-likeness (QED) is 0.763. The van der Waals surface area contributed by atoms with Crippen molar-refractivity contribution in [3.63, 3.8) is 0 Å². The van der Waals surface area contributed by atoms with Crippen LogP contribution in [0.5, 0.6) is 5.75 Å². The lowest BCUT2D eigenvalue weighted by Crippen LogP contribution is -2.24. The molecule has 88 valence electrons. The van der Waals surface area contributed by atoms with Gasteiger partial charge in [0.15, 0.2) is 4.93 Å². The van der Waals surface area contributed by atoms with E-state index in [1.807, 2.05) is 24.3 Å². The monoisotopic (exact) mass is 246 g/mol. The van der Waals surface area contributed by atoms with E-state index in [0.29, 0.717) is 0 Å². The number of allylic oxidation sites excluding steroid dienone is 2. The fraction of sp³-hybridized carbons (Fsp3) is 0.286. The molecule has 0 amide bonds. The number of rotatable bonds is 3. The lowest BCUT2D eigenvalue weighted by atomic mass is 9.89. The molecule has 0 aromatic heterocycles. The number of methoxy groups -OCH3 is 2. The highest BCUT2D eigenvalue weighted by Gasteiger charge is 2.69. The molecule has 2 unspecified atom stereocenters. The SMILES string of the molecule is COc1ccccc1C12C=CC=CC1(OC)S2. The van der Waals surface area contributed by atoms with E-state index in [1.165, 1.54) is 5.56 Å². The number of hydrogen-bond acceptors (Lipinski definition) is 3. The van der Waals surface area contributed by atoms with Gasteiger partial charge in [0, 0.05) is 12.7 Å². The van der Waals surface area contributed by atoms with E-state index in [4.69, 9.17) is 9.47 Å². The van der Waals surface area contributed by atoms with Crippen molar-refractivity contribution in [2.75, 3.05) is 14.2 Å². The van der Waals surface area contributed by atoms with Gasteiger partial charge in [-0.3, -0.25) is 0 Å². The molecule has 3 heteroatoms. The summed E-state index contributed by atoms with van der Waals surface area (Å²) in [5, 5.41) is 0. The van der Waals surface area contributed by atoms with Crippen LogP contribution in [-0.2, 0) is 9.48 Å². The van der Waals surface area contributed by atoms with Crippen LogP contribution in [0.25, 0.3) is 0 Å². The van der Waals surface area contributed by atoms with Gasteiger partial charge >= 0.3 is 0 Å². The number of thioether (sulfide) groups is 1. The average molecular weight is 246 g/mol. The maximum absolute atomic E-state index is 5.68. The molecule has 1 aliphatic carbocycles. The smallest absolute Gasteiger partial charge is 0.156 e. The zero-order chi connectivity index (χ0) is 11.9. The minimum atomic E-state index is -0.254. The van der Waals surface area contributed by atoms with Gasteiger partial charge < -0.3 is 9.47 Å². The number of hydrogen-bond donors (Lipinski definition) is 0. The van der Waals surface area contributed by atoms with Crippen LogP contribution in [0.2, 0.25) is 0 Å². The molecule has 1 fully saturated rings. The maximum atomic E-state index is 5.68. The van der Waals surface area contributed by atoms with Crippen molar-refractivity contribution >= 4 is 11.8 Å². The maximum Gasteiger partial charge on any atom is 0.156 e. The van der Waals surface area contributed by atoms with Gasteiger partial charge in [-0.2, -0.15) is 0 Å². The van der Waals surface area contributed by atoms with Crippen LogP contribution in [0.3, 0.4) is 0 Å². The van der Waals surface area contributed by atoms with Crippen molar-refractivity contribution in [1.29, 1.82) is 0 Å². The van der Waals surface area contributed by atoms with E-state index in [0.717, 1.165) is 5.75 Å². The Kier molecular flexibility index (Phi) is 2.35. The second-order valence-corrected chi connectivity index (χ2v) is 5.58. The normalized spacial score (nSPS) is 33.3. The van der Waals surface area contributed by atoms with Crippen LogP contribution in [0.1, 0.15) is 5.56 Å². The Morgan fingerprint density at radius 3 is 2.59 bits per heavy atom. The second-order valence-electron chi connectivity index (χ2n) is 4.13. The van der Waals surface area contributed by atoms with Gasteiger partial charge in [-0.25, -0.2) is 0 Å². The molecule has 1 saturated heterocycles. The summed E-state index contributed by atoms with van der Waals surface area (Å²) in [4.78, 5) is -0.254. The summed E-state index contributed by atoms with van der Waals surface area (Å²) in [6.45, 7) is 0.